The molecule has 0 unspecified atom stereocenters. The van der Waals surface area contributed by atoms with E-state index in [1.165, 1.54) is 24.3 Å². The quantitative estimate of drug-likeness (QED) is 0.334. The molecular weight excluding hydrogens is 459 g/mol. The highest BCUT2D eigenvalue weighted by atomic mass is 32.2. The van der Waals surface area contributed by atoms with Gasteiger partial charge in [-0.15, -0.1) is 10.2 Å². The van der Waals surface area contributed by atoms with E-state index in [4.69, 9.17) is 9.15 Å². The molecule has 3 aromatic carbocycles. The second-order valence-electron chi connectivity index (χ2n) is 6.91. The Labute approximate surface area is 198 Å². The van der Waals surface area contributed by atoms with Crippen LogP contribution < -0.4 is 15.4 Å². The van der Waals surface area contributed by atoms with Gasteiger partial charge in [-0.1, -0.05) is 42.1 Å². The highest BCUT2D eigenvalue weighted by Gasteiger charge is 2.15. The maximum atomic E-state index is 12.9. The summed E-state index contributed by atoms with van der Waals surface area (Å²) >= 11 is 1.05. The van der Waals surface area contributed by atoms with E-state index in [-0.39, 0.29) is 41.1 Å². The number of nitrogens with one attached hydrogen (secondary N) is 2. The second-order valence-corrected chi connectivity index (χ2v) is 7.83. The van der Waals surface area contributed by atoms with Crippen molar-refractivity contribution in [3.8, 4) is 5.75 Å². The fourth-order valence-electron chi connectivity index (χ4n) is 2.85. The van der Waals surface area contributed by atoms with Crippen LogP contribution in [0.5, 0.6) is 5.75 Å². The summed E-state index contributed by atoms with van der Waals surface area (Å²) in [5.74, 6) is -0.362. The van der Waals surface area contributed by atoms with Crippen LogP contribution in [-0.2, 0) is 11.4 Å². The first-order valence-corrected chi connectivity index (χ1v) is 11.1. The smallest absolute Gasteiger partial charge is 0.277 e. The first-order chi connectivity index (χ1) is 16.6. The number of thioether (sulfide) groups is 1. The average molecular weight is 479 g/mol. The lowest BCUT2D eigenvalue weighted by Gasteiger charge is -2.11. The molecule has 0 atom stereocenters. The molecule has 2 amide bonds. The maximum absolute atomic E-state index is 12.9. The van der Waals surface area contributed by atoms with E-state index in [1.54, 1.807) is 36.4 Å². The fraction of sp³-hybridized carbons (Fsp3) is 0.0833. The molecule has 0 radical (unpaired) electrons. The van der Waals surface area contributed by atoms with Crippen molar-refractivity contribution < 1.29 is 23.1 Å². The van der Waals surface area contributed by atoms with E-state index in [0.29, 0.717) is 22.7 Å². The third-order valence-corrected chi connectivity index (χ3v) is 5.25. The van der Waals surface area contributed by atoms with Gasteiger partial charge >= 0.3 is 0 Å². The number of benzene rings is 3. The number of para-hydroxylation sites is 2. The first-order valence-electron chi connectivity index (χ1n) is 10.2. The Balaban J connectivity index is 1.29. The number of hydrogen-bond donors (Lipinski definition) is 2. The van der Waals surface area contributed by atoms with Gasteiger partial charge in [-0.2, -0.15) is 0 Å². The predicted molar refractivity (Wildman–Crippen MR) is 125 cm³/mol. The van der Waals surface area contributed by atoms with Crippen molar-refractivity contribution in [2.75, 3.05) is 16.4 Å². The minimum Gasteiger partial charge on any atom is -0.484 e. The lowest BCUT2D eigenvalue weighted by molar-refractivity contribution is -0.113. The van der Waals surface area contributed by atoms with Gasteiger partial charge in [0, 0.05) is 5.69 Å². The van der Waals surface area contributed by atoms with Crippen molar-refractivity contribution in [1.29, 1.82) is 0 Å². The molecule has 2 N–H and O–H groups in total. The molecule has 0 aliphatic rings. The average Bonchev–Trinajstić information content (AvgIpc) is 3.31. The van der Waals surface area contributed by atoms with E-state index >= 15 is 0 Å². The standard InChI is InChI=1S/C24H19FN4O4S/c25-16-10-12-18(13-11-16)32-14-22-28-29-24(33-22)34-15-21(30)27-20-9-5-4-8-19(20)23(31)26-17-6-2-1-3-7-17/h1-13H,14-15H2,(H,26,31)(H,27,30). The zero-order valence-corrected chi connectivity index (χ0v) is 18.5. The molecule has 0 spiro atoms. The van der Waals surface area contributed by atoms with E-state index in [1.807, 2.05) is 18.2 Å². The third kappa shape index (κ3) is 6.42. The largest absolute Gasteiger partial charge is 0.484 e. The number of hydrogen-bond acceptors (Lipinski definition) is 7. The van der Waals surface area contributed by atoms with Crippen LogP contribution in [0.1, 0.15) is 16.2 Å². The Morgan fingerprint density at radius 3 is 2.44 bits per heavy atom. The summed E-state index contributed by atoms with van der Waals surface area (Å²) in [6, 6.07) is 21.3. The van der Waals surface area contributed by atoms with E-state index < -0.39 is 0 Å². The van der Waals surface area contributed by atoms with Crippen LogP contribution in [0.15, 0.2) is 88.5 Å². The lowest BCUT2D eigenvalue weighted by atomic mass is 10.1. The van der Waals surface area contributed by atoms with Crippen molar-refractivity contribution in [1.82, 2.24) is 10.2 Å². The predicted octanol–water partition coefficient (Wildman–Crippen LogP) is 4.77. The highest BCUT2D eigenvalue weighted by Crippen LogP contribution is 2.21. The Morgan fingerprint density at radius 2 is 1.65 bits per heavy atom. The van der Waals surface area contributed by atoms with Crippen molar-refractivity contribution in [3.05, 3.63) is 96.1 Å². The van der Waals surface area contributed by atoms with E-state index in [9.17, 15) is 14.0 Å². The fourth-order valence-corrected chi connectivity index (χ4v) is 3.43. The Bertz CT molecular complexity index is 1270. The molecule has 0 saturated heterocycles. The van der Waals surface area contributed by atoms with Crippen LogP contribution in [0.25, 0.3) is 0 Å². The van der Waals surface area contributed by atoms with Gasteiger partial charge in [-0.25, -0.2) is 4.39 Å². The maximum Gasteiger partial charge on any atom is 0.277 e. The summed E-state index contributed by atoms with van der Waals surface area (Å²) < 4.78 is 23.8. The topological polar surface area (TPSA) is 106 Å². The number of nitrogens with zero attached hydrogens (tertiary/aromatic N) is 2. The molecule has 0 aliphatic heterocycles. The van der Waals surface area contributed by atoms with Gasteiger partial charge in [0.1, 0.15) is 11.6 Å². The van der Waals surface area contributed by atoms with Crippen molar-refractivity contribution in [2.45, 2.75) is 11.8 Å². The van der Waals surface area contributed by atoms with Gasteiger partial charge < -0.3 is 19.8 Å². The minimum absolute atomic E-state index is 0.00487. The van der Waals surface area contributed by atoms with E-state index in [2.05, 4.69) is 20.8 Å². The molecule has 34 heavy (non-hydrogen) atoms. The molecule has 8 nitrogen and oxygen atoms in total. The molecule has 1 aromatic heterocycles. The number of anilines is 2. The number of halogens is 1. The Hall–Kier alpha value is -4.18. The molecule has 4 aromatic rings. The van der Waals surface area contributed by atoms with Crippen LogP contribution >= 0.6 is 11.8 Å². The zero-order valence-electron chi connectivity index (χ0n) is 17.7. The Morgan fingerprint density at radius 1 is 0.912 bits per heavy atom. The van der Waals surface area contributed by atoms with Gasteiger partial charge in [0.05, 0.1) is 17.0 Å². The minimum atomic E-state index is -0.360. The summed E-state index contributed by atoms with van der Waals surface area (Å²) in [6.07, 6.45) is 0. The van der Waals surface area contributed by atoms with E-state index in [0.717, 1.165) is 11.8 Å². The number of rotatable bonds is 9. The summed E-state index contributed by atoms with van der Waals surface area (Å²) in [7, 11) is 0. The van der Waals surface area contributed by atoms with Gasteiger partial charge in [-0.05, 0) is 48.5 Å². The number of aromatic nitrogens is 2. The van der Waals surface area contributed by atoms with Crippen LogP contribution in [0.3, 0.4) is 0 Å². The summed E-state index contributed by atoms with van der Waals surface area (Å²) in [4.78, 5) is 25.1. The number of ether oxygens (including phenoxy) is 1. The van der Waals surface area contributed by atoms with Crippen molar-refractivity contribution >= 4 is 35.0 Å². The molecule has 0 bridgehead atoms. The van der Waals surface area contributed by atoms with Gasteiger partial charge in [0.15, 0.2) is 6.61 Å². The summed E-state index contributed by atoms with van der Waals surface area (Å²) in [6.45, 7) is 0.00922. The number of carbonyl (C=O) groups is 2. The first kappa shape index (κ1) is 23.0. The normalized spacial score (nSPS) is 10.5. The summed E-state index contributed by atoms with van der Waals surface area (Å²) in [5.41, 5.74) is 1.38. The second kappa shape index (κ2) is 11.1. The highest BCUT2D eigenvalue weighted by molar-refractivity contribution is 7.99. The molecule has 0 aliphatic carbocycles. The molecule has 0 fully saturated rings. The molecular formula is C24H19FN4O4S. The summed E-state index contributed by atoms with van der Waals surface area (Å²) in [5, 5.41) is 13.5. The lowest BCUT2D eigenvalue weighted by Crippen LogP contribution is -2.19. The molecule has 172 valence electrons. The van der Waals surface area contributed by atoms with Crippen LogP contribution in [-0.4, -0.2) is 27.8 Å². The van der Waals surface area contributed by atoms with Gasteiger partial charge in [-0.3, -0.25) is 9.59 Å². The molecule has 1 heterocycles. The van der Waals surface area contributed by atoms with Gasteiger partial charge in [0.2, 0.25) is 5.91 Å². The van der Waals surface area contributed by atoms with Crippen LogP contribution in [0.2, 0.25) is 0 Å². The number of carbonyl (C=O) groups excluding carboxylic acids is 2. The monoisotopic (exact) mass is 478 g/mol. The third-order valence-electron chi connectivity index (χ3n) is 4.43. The molecule has 10 heteroatoms. The number of amides is 2. The molecule has 0 saturated carbocycles. The zero-order chi connectivity index (χ0) is 23.8. The Kier molecular flexibility index (Phi) is 7.51. The van der Waals surface area contributed by atoms with Gasteiger partial charge in [0.25, 0.3) is 17.0 Å². The van der Waals surface area contributed by atoms with Crippen LogP contribution in [0, 0.1) is 5.82 Å². The van der Waals surface area contributed by atoms with Crippen molar-refractivity contribution in [2.24, 2.45) is 0 Å². The van der Waals surface area contributed by atoms with Crippen molar-refractivity contribution in [3.63, 3.8) is 0 Å². The SMILES string of the molecule is O=C(CSc1nnc(COc2ccc(F)cc2)o1)Nc1ccccc1C(=O)Nc1ccccc1. The molecule has 4 rings (SSSR count). The van der Waals surface area contributed by atoms with Crippen LogP contribution in [0.4, 0.5) is 15.8 Å².